The third-order valence-corrected chi connectivity index (χ3v) is 3.77. The summed E-state index contributed by atoms with van der Waals surface area (Å²) in [6.45, 7) is 14.0. The zero-order valence-electron chi connectivity index (χ0n) is 13.2. The van der Waals surface area contributed by atoms with Crippen LogP contribution >= 0.6 is 0 Å². The lowest BCUT2D eigenvalue weighted by molar-refractivity contribution is -0.900. The van der Waals surface area contributed by atoms with Gasteiger partial charge in [0.2, 0.25) is 0 Å². The zero-order valence-corrected chi connectivity index (χ0v) is 13.2. The largest absolute Gasteiger partial charge is 0.870 e. The normalized spacial score (nSPS) is 13.4. The molecule has 0 saturated carbocycles. The molecule has 0 saturated heterocycles. The van der Waals surface area contributed by atoms with Gasteiger partial charge in [0.05, 0.1) is 32.3 Å². The van der Waals surface area contributed by atoms with E-state index in [-0.39, 0.29) is 5.48 Å². The molecule has 0 radical (unpaired) electrons. The van der Waals surface area contributed by atoms with Gasteiger partial charge in [-0.25, -0.2) is 0 Å². The first-order chi connectivity index (χ1) is 7.72. The summed E-state index contributed by atoms with van der Waals surface area (Å²) in [5.41, 5.74) is 0.943. The van der Waals surface area contributed by atoms with Crippen LogP contribution in [0.5, 0.6) is 0 Å². The Bertz CT molecular complexity index is 237. The third kappa shape index (κ3) is 9.63. The van der Waals surface area contributed by atoms with Crippen LogP contribution in [-0.2, 0) is 0 Å². The number of allylic oxidation sites excluding steroid dienone is 1. The first-order valence-corrected chi connectivity index (χ1v) is 6.94. The van der Waals surface area contributed by atoms with Gasteiger partial charge in [-0.2, -0.15) is 0 Å². The van der Waals surface area contributed by atoms with Crippen LogP contribution in [0.15, 0.2) is 11.6 Å². The molecule has 0 heterocycles. The summed E-state index contributed by atoms with van der Waals surface area (Å²) in [5, 5.41) is 9.64. The number of likely N-dealkylation sites (N-methyl/N-ethyl adjacent to an activating group) is 1. The van der Waals surface area contributed by atoms with Crippen LogP contribution in [-0.4, -0.2) is 47.3 Å². The van der Waals surface area contributed by atoms with Crippen molar-refractivity contribution in [2.45, 2.75) is 59.5 Å². The average Bonchev–Trinajstić information content (AvgIpc) is 2.24. The van der Waals surface area contributed by atoms with E-state index < -0.39 is 5.60 Å². The predicted molar refractivity (Wildman–Crippen MR) is 78.0 cm³/mol. The second kappa shape index (κ2) is 8.68. The maximum atomic E-state index is 9.64. The molecule has 0 aliphatic heterocycles. The molecule has 110 valence electrons. The van der Waals surface area contributed by atoms with Gasteiger partial charge in [0.25, 0.3) is 0 Å². The second-order valence-corrected chi connectivity index (χ2v) is 6.15. The van der Waals surface area contributed by atoms with Gasteiger partial charge in [0.1, 0.15) is 0 Å². The molecule has 0 rings (SSSR count). The molecule has 0 aliphatic rings. The fourth-order valence-electron chi connectivity index (χ4n) is 1.76. The van der Waals surface area contributed by atoms with E-state index in [1.807, 2.05) is 13.8 Å². The molecule has 0 fully saturated rings. The molecule has 3 nitrogen and oxygen atoms in total. The maximum Gasteiger partial charge on any atom is 0.0974 e. The highest BCUT2D eigenvalue weighted by atomic mass is 16.3. The van der Waals surface area contributed by atoms with Gasteiger partial charge < -0.3 is 15.1 Å². The van der Waals surface area contributed by atoms with E-state index in [9.17, 15) is 5.11 Å². The van der Waals surface area contributed by atoms with Crippen LogP contribution in [0.25, 0.3) is 0 Å². The molecule has 0 aromatic heterocycles. The molecular formula is C15H33NO2. The van der Waals surface area contributed by atoms with Crippen LogP contribution in [0.2, 0.25) is 0 Å². The topological polar surface area (TPSA) is 50.2 Å². The van der Waals surface area contributed by atoms with Gasteiger partial charge in [0.15, 0.2) is 0 Å². The van der Waals surface area contributed by atoms with Crippen molar-refractivity contribution in [2.24, 2.45) is 0 Å². The standard InChI is InChI=1S/C15H32NO.H2O/c1-7-16(6,8-2)13-11-14(3)10-9-12-15(4,5)17;/h11,17H,7-10,12-13H2,1-6H3;1H2/q+1;/p-1/b14-11+;. The van der Waals surface area contributed by atoms with E-state index in [0.717, 1.165) is 30.3 Å². The van der Waals surface area contributed by atoms with Gasteiger partial charge in [-0.1, -0.05) is 5.57 Å². The molecule has 18 heavy (non-hydrogen) atoms. The van der Waals surface area contributed by atoms with Crippen molar-refractivity contribution in [1.29, 1.82) is 0 Å². The van der Waals surface area contributed by atoms with E-state index >= 15 is 0 Å². The SMILES string of the molecule is CC[N+](C)(CC)C/C=C(\C)CCCC(C)(C)O.[OH-]. The highest BCUT2D eigenvalue weighted by molar-refractivity contribution is 4.98. The van der Waals surface area contributed by atoms with Crippen molar-refractivity contribution in [3.05, 3.63) is 11.6 Å². The van der Waals surface area contributed by atoms with Crippen molar-refractivity contribution in [3.63, 3.8) is 0 Å². The number of quaternary nitrogens is 1. The molecule has 0 atom stereocenters. The van der Waals surface area contributed by atoms with E-state index in [0.29, 0.717) is 0 Å². The van der Waals surface area contributed by atoms with Gasteiger partial charge in [-0.3, -0.25) is 0 Å². The highest BCUT2D eigenvalue weighted by Crippen LogP contribution is 2.15. The summed E-state index contributed by atoms with van der Waals surface area (Å²) in [6.07, 6.45) is 5.44. The summed E-state index contributed by atoms with van der Waals surface area (Å²) < 4.78 is 1.11. The zero-order chi connectivity index (χ0) is 13.5. The fraction of sp³-hybridized carbons (Fsp3) is 0.867. The van der Waals surface area contributed by atoms with E-state index in [2.05, 4.69) is 33.9 Å². The summed E-state index contributed by atoms with van der Waals surface area (Å²) in [5.74, 6) is 0. The van der Waals surface area contributed by atoms with Gasteiger partial charge in [-0.15, -0.1) is 0 Å². The van der Waals surface area contributed by atoms with Gasteiger partial charge in [-0.05, 0) is 60.0 Å². The Hall–Kier alpha value is -0.380. The molecule has 0 aromatic carbocycles. The minimum absolute atomic E-state index is 0. The highest BCUT2D eigenvalue weighted by Gasteiger charge is 2.14. The van der Waals surface area contributed by atoms with Crippen molar-refractivity contribution in [3.8, 4) is 0 Å². The first kappa shape index (κ1) is 19.9. The Morgan fingerprint density at radius 1 is 1.22 bits per heavy atom. The summed E-state index contributed by atoms with van der Waals surface area (Å²) in [4.78, 5) is 0. The summed E-state index contributed by atoms with van der Waals surface area (Å²) in [6, 6.07) is 0. The molecule has 0 aromatic rings. The lowest BCUT2D eigenvalue weighted by Gasteiger charge is -2.31. The number of rotatable bonds is 8. The smallest absolute Gasteiger partial charge is 0.0974 e. The number of hydrogen-bond donors (Lipinski definition) is 1. The van der Waals surface area contributed by atoms with Crippen molar-refractivity contribution < 1.29 is 15.1 Å². The molecule has 0 amide bonds. The maximum absolute atomic E-state index is 9.64. The molecular weight excluding hydrogens is 226 g/mol. The second-order valence-electron chi connectivity index (χ2n) is 6.15. The van der Waals surface area contributed by atoms with Crippen molar-refractivity contribution in [1.82, 2.24) is 0 Å². The molecule has 0 bridgehead atoms. The predicted octanol–water partition coefficient (Wildman–Crippen LogP) is 3.18. The monoisotopic (exact) mass is 259 g/mol. The Morgan fingerprint density at radius 3 is 2.11 bits per heavy atom. The Labute approximate surface area is 113 Å². The molecule has 3 heteroatoms. The summed E-state index contributed by atoms with van der Waals surface area (Å²) >= 11 is 0. The van der Waals surface area contributed by atoms with Crippen molar-refractivity contribution in [2.75, 3.05) is 26.7 Å². The Balaban J connectivity index is 0. The molecule has 0 aliphatic carbocycles. The van der Waals surface area contributed by atoms with Crippen molar-refractivity contribution >= 4 is 0 Å². The third-order valence-electron chi connectivity index (χ3n) is 3.77. The van der Waals surface area contributed by atoms with E-state index in [1.54, 1.807) is 0 Å². The molecule has 0 spiro atoms. The Kier molecular flexibility index (Phi) is 9.61. The van der Waals surface area contributed by atoms with Crippen LogP contribution in [0.1, 0.15) is 53.9 Å². The summed E-state index contributed by atoms with van der Waals surface area (Å²) in [7, 11) is 2.31. The number of hydrogen-bond acceptors (Lipinski definition) is 2. The lowest BCUT2D eigenvalue weighted by atomic mass is 9.99. The average molecular weight is 259 g/mol. The fourth-order valence-corrected chi connectivity index (χ4v) is 1.76. The van der Waals surface area contributed by atoms with Gasteiger partial charge in [0, 0.05) is 0 Å². The van der Waals surface area contributed by atoms with Crippen LogP contribution in [0.4, 0.5) is 0 Å². The Morgan fingerprint density at radius 2 is 1.72 bits per heavy atom. The minimum atomic E-state index is -0.516. The van der Waals surface area contributed by atoms with Gasteiger partial charge >= 0.3 is 0 Å². The minimum Gasteiger partial charge on any atom is -0.870 e. The lowest BCUT2D eigenvalue weighted by Crippen LogP contribution is -2.43. The van der Waals surface area contributed by atoms with Crippen LogP contribution in [0.3, 0.4) is 0 Å². The molecule has 2 N–H and O–H groups in total. The quantitative estimate of drug-likeness (QED) is 0.537. The van der Waals surface area contributed by atoms with E-state index in [1.165, 1.54) is 18.7 Å². The molecule has 0 unspecified atom stereocenters. The number of aliphatic hydroxyl groups is 1. The van der Waals surface area contributed by atoms with E-state index in [4.69, 9.17) is 0 Å². The number of nitrogens with zero attached hydrogens (tertiary/aromatic N) is 1. The van der Waals surface area contributed by atoms with Crippen LogP contribution < -0.4 is 0 Å². The van der Waals surface area contributed by atoms with Crippen LogP contribution in [0, 0.1) is 0 Å². The first-order valence-electron chi connectivity index (χ1n) is 6.94.